The van der Waals surface area contributed by atoms with Crippen molar-refractivity contribution in [3.63, 3.8) is 0 Å². The summed E-state index contributed by atoms with van der Waals surface area (Å²) in [5.41, 5.74) is 11.6. The van der Waals surface area contributed by atoms with E-state index in [-0.39, 0.29) is 12.2 Å². The highest BCUT2D eigenvalue weighted by molar-refractivity contribution is 5.96. The Balaban J connectivity index is 3.01. The van der Waals surface area contributed by atoms with Gasteiger partial charge in [0.25, 0.3) is 0 Å². The monoisotopic (exact) mass is 523 g/mol. The number of carbonyl (C=O) groups is 6. The van der Waals surface area contributed by atoms with Crippen LogP contribution >= 0.6 is 0 Å². The van der Waals surface area contributed by atoms with Gasteiger partial charge in [-0.05, 0) is 30.0 Å². The van der Waals surface area contributed by atoms with Crippen LogP contribution in [0.5, 0.6) is 5.75 Å². The van der Waals surface area contributed by atoms with Gasteiger partial charge in [-0.1, -0.05) is 32.4 Å². The van der Waals surface area contributed by atoms with Crippen molar-refractivity contribution in [3.8, 4) is 5.75 Å². The van der Waals surface area contributed by atoms with Gasteiger partial charge in [-0.3, -0.25) is 24.0 Å². The number of amides is 4. The molecule has 5 atom stereocenters. The molecule has 0 heterocycles. The summed E-state index contributed by atoms with van der Waals surface area (Å²) >= 11 is 0. The number of rotatable bonds is 15. The lowest BCUT2D eigenvalue weighted by atomic mass is 9.96. The predicted octanol–water partition coefficient (Wildman–Crippen LogP) is -1.80. The number of aliphatic carboxylic acids is 2. The molecule has 0 saturated heterocycles. The minimum Gasteiger partial charge on any atom is -0.508 e. The normalized spacial score (nSPS) is 14.8. The number of nitrogens with two attached hydrogens (primary N) is 2. The molecule has 0 fully saturated rings. The number of nitrogens with one attached hydrogen (secondary N) is 3. The maximum Gasteiger partial charge on any atom is 0.326 e. The van der Waals surface area contributed by atoms with E-state index in [1.165, 1.54) is 12.1 Å². The number of phenols is 1. The first-order valence-corrected chi connectivity index (χ1v) is 11.4. The van der Waals surface area contributed by atoms with Crippen molar-refractivity contribution in [2.45, 2.75) is 63.7 Å². The van der Waals surface area contributed by atoms with Crippen LogP contribution in [0.3, 0.4) is 0 Å². The summed E-state index contributed by atoms with van der Waals surface area (Å²) in [5, 5.41) is 34.5. The van der Waals surface area contributed by atoms with Crippen LogP contribution in [0.2, 0.25) is 0 Å². The SMILES string of the molecule is CCC(C)C(NC(=O)C(N)Cc1ccc(O)cc1)C(=O)NC(CC(=O)O)C(=O)NC(CC(N)=O)C(=O)O. The maximum absolute atomic E-state index is 13.0. The Morgan fingerprint density at radius 3 is 1.92 bits per heavy atom. The van der Waals surface area contributed by atoms with Crippen molar-refractivity contribution >= 4 is 35.6 Å². The van der Waals surface area contributed by atoms with Crippen LogP contribution in [0.1, 0.15) is 38.7 Å². The number of hydrogen-bond donors (Lipinski definition) is 8. The van der Waals surface area contributed by atoms with Crippen molar-refractivity contribution < 1.29 is 44.1 Å². The molecule has 0 spiro atoms. The van der Waals surface area contributed by atoms with E-state index in [1.807, 2.05) is 5.32 Å². The minimum absolute atomic E-state index is 0.0412. The molecule has 14 heteroatoms. The third-order valence-corrected chi connectivity index (χ3v) is 5.55. The van der Waals surface area contributed by atoms with Crippen molar-refractivity contribution in [2.75, 3.05) is 0 Å². The van der Waals surface area contributed by atoms with Crippen molar-refractivity contribution in [1.29, 1.82) is 0 Å². The van der Waals surface area contributed by atoms with Gasteiger partial charge >= 0.3 is 11.9 Å². The molecule has 0 radical (unpaired) electrons. The van der Waals surface area contributed by atoms with Crippen molar-refractivity contribution in [1.82, 2.24) is 16.0 Å². The van der Waals surface area contributed by atoms with E-state index in [2.05, 4.69) is 10.6 Å². The largest absolute Gasteiger partial charge is 0.508 e. The number of carboxylic acid groups (broad SMARTS) is 2. The number of carbonyl (C=O) groups excluding carboxylic acids is 4. The zero-order valence-corrected chi connectivity index (χ0v) is 20.5. The molecule has 0 aliphatic rings. The van der Waals surface area contributed by atoms with Crippen LogP contribution in [-0.2, 0) is 35.2 Å². The molecule has 0 aromatic heterocycles. The van der Waals surface area contributed by atoms with E-state index < -0.39 is 78.5 Å². The zero-order chi connectivity index (χ0) is 28.3. The second-order valence-electron chi connectivity index (χ2n) is 8.58. The van der Waals surface area contributed by atoms with Crippen LogP contribution < -0.4 is 27.4 Å². The van der Waals surface area contributed by atoms with E-state index in [4.69, 9.17) is 11.5 Å². The lowest BCUT2D eigenvalue weighted by Gasteiger charge is -2.27. The average molecular weight is 524 g/mol. The van der Waals surface area contributed by atoms with E-state index in [0.29, 0.717) is 12.0 Å². The smallest absolute Gasteiger partial charge is 0.326 e. The summed E-state index contributed by atoms with van der Waals surface area (Å²) in [4.78, 5) is 72.0. The molecule has 0 aliphatic heterocycles. The van der Waals surface area contributed by atoms with Gasteiger partial charge in [0.2, 0.25) is 23.6 Å². The Bertz CT molecular complexity index is 999. The lowest BCUT2D eigenvalue weighted by molar-refractivity contribution is -0.145. The zero-order valence-electron chi connectivity index (χ0n) is 20.5. The first-order valence-electron chi connectivity index (χ1n) is 11.4. The third-order valence-electron chi connectivity index (χ3n) is 5.55. The molecule has 0 saturated carbocycles. The molecular weight excluding hydrogens is 490 g/mol. The van der Waals surface area contributed by atoms with Crippen LogP contribution in [0, 0.1) is 5.92 Å². The predicted molar refractivity (Wildman–Crippen MR) is 129 cm³/mol. The molecule has 0 aliphatic carbocycles. The first kappa shape index (κ1) is 30.8. The summed E-state index contributed by atoms with van der Waals surface area (Å²) in [5.74, 6) is -7.22. The van der Waals surface area contributed by atoms with Crippen LogP contribution in [0.4, 0.5) is 0 Å². The summed E-state index contributed by atoms with van der Waals surface area (Å²) in [6, 6.07) is 0.316. The fraction of sp³-hybridized carbons (Fsp3) is 0.478. The van der Waals surface area contributed by atoms with Gasteiger partial charge < -0.3 is 42.7 Å². The summed E-state index contributed by atoms with van der Waals surface area (Å²) in [6.07, 6.45) is -1.14. The number of hydrogen-bond acceptors (Lipinski definition) is 8. The quantitative estimate of drug-likeness (QED) is 0.128. The number of phenolic OH excluding ortho intramolecular Hbond substituents is 1. The third kappa shape index (κ3) is 10.5. The van der Waals surface area contributed by atoms with E-state index in [0.717, 1.165) is 0 Å². The van der Waals surface area contributed by atoms with Crippen LogP contribution in [-0.4, -0.2) is 75.1 Å². The fourth-order valence-corrected chi connectivity index (χ4v) is 3.26. The Labute approximate surface area is 212 Å². The van der Waals surface area contributed by atoms with Crippen molar-refractivity contribution in [2.24, 2.45) is 17.4 Å². The van der Waals surface area contributed by atoms with Crippen LogP contribution in [0.15, 0.2) is 24.3 Å². The highest BCUT2D eigenvalue weighted by Gasteiger charge is 2.33. The van der Waals surface area contributed by atoms with Gasteiger partial charge in [0.15, 0.2) is 0 Å². The minimum atomic E-state index is -1.74. The molecule has 204 valence electrons. The Morgan fingerprint density at radius 1 is 0.865 bits per heavy atom. The van der Waals surface area contributed by atoms with Gasteiger partial charge in [-0.15, -0.1) is 0 Å². The second-order valence-corrected chi connectivity index (χ2v) is 8.58. The second kappa shape index (κ2) is 14.4. The highest BCUT2D eigenvalue weighted by atomic mass is 16.4. The summed E-state index contributed by atoms with van der Waals surface area (Å²) in [6.45, 7) is 3.39. The van der Waals surface area contributed by atoms with Gasteiger partial charge in [0.05, 0.1) is 18.9 Å². The maximum atomic E-state index is 13.0. The fourth-order valence-electron chi connectivity index (χ4n) is 3.26. The highest BCUT2D eigenvalue weighted by Crippen LogP contribution is 2.13. The molecule has 4 amide bonds. The molecule has 1 aromatic carbocycles. The van der Waals surface area contributed by atoms with Gasteiger partial charge in [0.1, 0.15) is 23.9 Å². The Morgan fingerprint density at radius 2 is 1.43 bits per heavy atom. The van der Waals surface area contributed by atoms with E-state index in [9.17, 15) is 44.1 Å². The standard InChI is InChI=1S/C23H33N5O9/c1-3-11(2)19(28-20(33)14(24)8-12-4-6-13(29)7-5-12)22(35)26-15(10-18(31)32)21(34)27-16(23(36)37)9-17(25)30/h4-7,11,14-16,19,29H,3,8-10,24H2,1-2H3,(H2,25,30)(H,26,35)(H,27,34)(H,28,33)(H,31,32)(H,36,37). The van der Waals surface area contributed by atoms with Gasteiger partial charge in [0, 0.05) is 0 Å². The molecule has 5 unspecified atom stereocenters. The summed E-state index contributed by atoms with van der Waals surface area (Å²) < 4.78 is 0. The number of benzene rings is 1. The number of primary amides is 1. The van der Waals surface area contributed by atoms with Gasteiger partial charge in [-0.25, -0.2) is 4.79 Å². The first-order chi connectivity index (χ1) is 17.2. The molecule has 37 heavy (non-hydrogen) atoms. The molecule has 10 N–H and O–H groups in total. The topological polar surface area (TPSA) is 251 Å². The molecule has 1 rings (SSSR count). The van der Waals surface area contributed by atoms with Gasteiger partial charge in [-0.2, -0.15) is 0 Å². The molecule has 1 aromatic rings. The number of carboxylic acids is 2. The van der Waals surface area contributed by atoms with E-state index >= 15 is 0 Å². The average Bonchev–Trinajstić information content (AvgIpc) is 2.81. The van der Waals surface area contributed by atoms with Crippen molar-refractivity contribution in [3.05, 3.63) is 29.8 Å². The number of aromatic hydroxyl groups is 1. The Kier molecular flexibility index (Phi) is 12.0. The summed E-state index contributed by atoms with van der Waals surface area (Å²) in [7, 11) is 0. The van der Waals surface area contributed by atoms with Crippen LogP contribution in [0.25, 0.3) is 0 Å². The van der Waals surface area contributed by atoms with E-state index in [1.54, 1.807) is 26.0 Å². The Hall–Kier alpha value is -4.20. The molecule has 0 bridgehead atoms. The molecule has 14 nitrogen and oxygen atoms in total. The lowest BCUT2D eigenvalue weighted by Crippen LogP contribution is -2.59. The molecular formula is C23H33N5O9.